The highest BCUT2D eigenvalue weighted by Gasteiger charge is 2.05. The topological polar surface area (TPSA) is 29.5 Å². The highest BCUT2D eigenvalue weighted by Crippen LogP contribution is 2.20. The van der Waals surface area contributed by atoms with Gasteiger partial charge in [0.1, 0.15) is 5.75 Å². The molecule has 0 saturated carbocycles. The second-order valence-corrected chi connectivity index (χ2v) is 4.34. The van der Waals surface area contributed by atoms with Gasteiger partial charge in [-0.3, -0.25) is 0 Å². The lowest BCUT2D eigenvalue weighted by molar-refractivity contribution is 0.181. The van der Waals surface area contributed by atoms with Crippen LogP contribution < -0.4 is 4.74 Å². The average Bonchev–Trinajstić information content (AvgIpc) is 2.48. The van der Waals surface area contributed by atoms with Crippen LogP contribution in [0.2, 0.25) is 0 Å². The number of benzene rings is 2. The molecule has 0 saturated heterocycles. The van der Waals surface area contributed by atoms with Gasteiger partial charge in [0.15, 0.2) is 0 Å². The van der Waals surface area contributed by atoms with Crippen molar-refractivity contribution in [2.45, 2.75) is 12.5 Å². The van der Waals surface area contributed by atoms with Gasteiger partial charge < -0.3 is 9.84 Å². The molecule has 0 aliphatic carbocycles. The Bertz CT molecular complexity index is 515. The molecular formula is C17H18O2. The molecule has 0 aliphatic rings. The maximum atomic E-state index is 10.1. The average molecular weight is 254 g/mol. The Kier molecular flexibility index (Phi) is 4.76. The van der Waals surface area contributed by atoms with Gasteiger partial charge in [0.25, 0.3) is 0 Å². The van der Waals surface area contributed by atoms with Crippen molar-refractivity contribution in [3.8, 4) is 5.75 Å². The van der Waals surface area contributed by atoms with Crippen LogP contribution in [0.5, 0.6) is 5.75 Å². The summed E-state index contributed by atoms with van der Waals surface area (Å²) in [4.78, 5) is 0. The van der Waals surface area contributed by atoms with Crippen LogP contribution in [0.15, 0.2) is 60.7 Å². The summed E-state index contributed by atoms with van der Waals surface area (Å²) >= 11 is 0. The van der Waals surface area contributed by atoms with Gasteiger partial charge in [0.2, 0.25) is 0 Å². The molecule has 19 heavy (non-hydrogen) atoms. The van der Waals surface area contributed by atoms with E-state index >= 15 is 0 Å². The number of hydrogen-bond acceptors (Lipinski definition) is 2. The highest BCUT2D eigenvalue weighted by molar-refractivity contribution is 5.48. The Balaban J connectivity index is 1.93. The first-order valence-electron chi connectivity index (χ1n) is 6.33. The first-order chi connectivity index (χ1) is 9.29. The molecular weight excluding hydrogens is 236 g/mol. The lowest BCUT2D eigenvalue weighted by Crippen LogP contribution is -1.95. The molecule has 0 aromatic heterocycles. The maximum absolute atomic E-state index is 10.1. The van der Waals surface area contributed by atoms with E-state index in [1.54, 1.807) is 7.11 Å². The number of aliphatic hydroxyl groups excluding tert-OH is 1. The molecule has 2 aromatic rings. The van der Waals surface area contributed by atoms with E-state index in [9.17, 15) is 5.11 Å². The fourth-order valence-corrected chi connectivity index (χ4v) is 1.86. The minimum atomic E-state index is -0.481. The third kappa shape index (κ3) is 3.97. The summed E-state index contributed by atoms with van der Waals surface area (Å²) in [5.41, 5.74) is 2.04. The Morgan fingerprint density at radius 1 is 1.05 bits per heavy atom. The summed E-state index contributed by atoms with van der Waals surface area (Å²) in [5, 5.41) is 10.1. The SMILES string of the molecule is COc1ccc(C(O)C/C=C/c2ccccc2)cc1. The molecule has 0 amide bonds. The summed E-state index contributed by atoms with van der Waals surface area (Å²) in [5.74, 6) is 0.802. The van der Waals surface area contributed by atoms with E-state index < -0.39 is 6.10 Å². The van der Waals surface area contributed by atoms with Gasteiger partial charge in [-0.05, 0) is 29.7 Å². The molecule has 2 nitrogen and oxygen atoms in total. The van der Waals surface area contributed by atoms with E-state index in [1.165, 1.54) is 0 Å². The van der Waals surface area contributed by atoms with Crippen LogP contribution in [0.25, 0.3) is 6.08 Å². The van der Waals surface area contributed by atoms with Gasteiger partial charge in [-0.2, -0.15) is 0 Å². The van der Waals surface area contributed by atoms with Crippen LogP contribution in [-0.2, 0) is 0 Å². The Labute approximate surface area is 114 Å². The third-order valence-electron chi connectivity index (χ3n) is 2.97. The smallest absolute Gasteiger partial charge is 0.118 e. The quantitative estimate of drug-likeness (QED) is 0.878. The standard InChI is InChI=1S/C17H18O2/c1-19-16-12-10-15(11-13-16)17(18)9-5-8-14-6-3-2-4-7-14/h2-8,10-13,17-18H,9H2,1H3/b8-5+. The van der Waals surface area contributed by atoms with E-state index in [0.29, 0.717) is 6.42 Å². The maximum Gasteiger partial charge on any atom is 0.118 e. The van der Waals surface area contributed by atoms with Crippen LogP contribution in [0.1, 0.15) is 23.7 Å². The minimum Gasteiger partial charge on any atom is -0.497 e. The zero-order valence-corrected chi connectivity index (χ0v) is 11.0. The number of methoxy groups -OCH3 is 1. The van der Waals surface area contributed by atoms with E-state index in [0.717, 1.165) is 16.9 Å². The van der Waals surface area contributed by atoms with Gasteiger partial charge in [0.05, 0.1) is 13.2 Å². The molecule has 1 unspecified atom stereocenters. The van der Waals surface area contributed by atoms with Crippen molar-refractivity contribution in [2.75, 3.05) is 7.11 Å². The van der Waals surface area contributed by atoms with Gasteiger partial charge >= 0.3 is 0 Å². The highest BCUT2D eigenvalue weighted by atomic mass is 16.5. The molecule has 0 heterocycles. The molecule has 0 spiro atoms. The Morgan fingerprint density at radius 2 is 1.74 bits per heavy atom. The van der Waals surface area contributed by atoms with Crippen molar-refractivity contribution in [1.82, 2.24) is 0 Å². The molecule has 0 aliphatic heterocycles. The number of hydrogen-bond donors (Lipinski definition) is 1. The number of rotatable bonds is 5. The summed E-state index contributed by atoms with van der Waals surface area (Å²) < 4.78 is 5.09. The predicted octanol–water partition coefficient (Wildman–Crippen LogP) is 3.83. The van der Waals surface area contributed by atoms with E-state index in [1.807, 2.05) is 66.7 Å². The fourth-order valence-electron chi connectivity index (χ4n) is 1.86. The second-order valence-electron chi connectivity index (χ2n) is 4.34. The van der Waals surface area contributed by atoms with Gasteiger partial charge in [0, 0.05) is 0 Å². The second kappa shape index (κ2) is 6.76. The lowest BCUT2D eigenvalue weighted by atomic mass is 10.1. The van der Waals surface area contributed by atoms with Crippen LogP contribution in [0.3, 0.4) is 0 Å². The zero-order valence-electron chi connectivity index (χ0n) is 11.0. The predicted molar refractivity (Wildman–Crippen MR) is 78.0 cm³/mol. The van der Waals surface area contributed by atoms with Crippen LogP contribution in [0.4, 0.5) is 0 Å². The minimum absolute atomic E-state index is 0.481. The van der Waals surface area contributed by atoms with E-state index in [-0.39, 0.29) is 0 Å². The molecule has 2 rings (SSSR count). The Morgan fingerprint density at radius 3 is 2.37 bits per heavy atom. The van der Waals surface area contributed by atoms with Crippen molar-refractivity contribution in [3.05, 3.63) is 71.8 Å². The molecule has 0 bridgehead atoms. The molecule has 2 aromatic carbocycles. The largest absolute Gasteiger partial charge is 0.497 e. The first-order valence-corrected chi connectivity index (χ1v) is 6.33. The summed E-state index contributed by atoms with van der Waals surface area (Å²) in [6.45, 7) is 0. The molecule has 98 valence electrons. The zero-order chi connectivity index (χ0) is 13.5. The molecule has 0 fully saturated rings. The third-order valence-corrected chi connectivity index (χ3v) is 2.97. The van der Waals surface area contributed by atoms with Crippen molar-refractivity contribution in [1.29, 1.82) is 0 Å². The molecule has 0 radical (unpaired) electrons. The van der Waals surface area contributed by atoms with Gasteiger partial charge in [-0.15, -0.1) is 0 Å². The van der Waals surface area contributed by atoms with Crippen molar-refractivity contribution < 1.29 is 9.84 Å². The van der Waals surface area contributed by atoms with Crippen LogP contribution >= 0.6 is 0 Å². The number of ether oxygens (including phenoxy) is 1. The molecule has 2 heteroatoms. The van der Waals surface area contributed by atoms with Gasteiger partial charge in [-0.1, -0.05) is 54.6 Å². The fraction of sp³-hybridized carbons (Fsp3) is 0.176. The van der Waals surface area contributed by atoms with E-state index in [4.69, 9.17) is 4.74 Å². The lowest BCUT2D eigenvalue weighted by Gasteiger charge is -2.09. The van der Waals surface area contributed by atoms with Crippen molar-refractivity contribution in [3.63, 3.8) is 0 Å². The summed E-state index contributed by atoms with van der Waals surface area (Å²) in [6.07, 6.45) is 4.13. The summed E-state index contributed by atoms with van der Waals surface area (Å²) in [6, 6.07) is 17.6. The monoisotopic (exact) mass is 254 g/mol. The van der Waals surface area contributed by atoms with E-state index in [2.05, 4.69) is 0 Å². The van der Waals surface area contributed by atoms with Crippen LogP contribution in [-0.4, -0.2) is 12.2 Å². The molecule has 1 N–H and O–H groups in total. The van der Waals surface area contributed by atoms with Crippen LogP contribution in [0, 0.1) is 0 Å². The normalized spacial score (nSPS) is 12.5. The van der Waals surface area contributed by atoms with Gasteiger partial charge in [-0.25, -0.2) is 0 Å². The summed E-state index contributed by atoms with van der Waals surface area (Å²) in [7, 11) is 1.63. The van der Waals surface area contributed by atoms with Crippen molar-refractivity contribution in [2.24, 2.45) is 0 Å². The first kappa shape index (κ1) is 13.4. The van der Waals surface area contributed by atoms with Crippen molar-refractivity contribution >= 4 is 6.08 Å². The number of aliphatic hydroxyl groups is 1. The Hall–Kier alpha value is -2.06. The molecule has 1 atom stereocenters.